The highest BCUT2D eigenvalue weighted by atomic mass is 32.2. The first-order chi connectivity index (χ1) is 11.0. The molecule has 0 amide bonds. The Hall–Kier alpha value is -1.75. The van der Waals surface area contributed by atoms with E-state index in [9.17, 15) is 8.42 Å². The summed E-state index contributed by atoms with van der Waals surface area (Å²) in [7, 11) is -3.50. The van der Waals surface area contributed by atoms with Crippen LogP contribution in [0.25, 0.3) is 0 Å². The summed E-state index contributed by atoms with van der Waals surface area (Å²) in [6.45, 7) is 1.97. The standard InChI is InChI=1S/C16H17N3O2S2/c1-11-9-18-16(22-11)15(14-5-6-14)19-23(20,21)10-13-4-2-3-12(7-13)8-17/h2-4,7,9,14-15,19H,5-6,10H2,1H3. The van der Waals surface area contributed by atoms with Crippen LogP contribution in [0, 0.1) is 24.2 Å². The van der Waals surface area contributed by atoms with Crippen molar-refractivity contribution in [3.8, 4) is 6.07 Å². The van der Waals surface area contributed by atoms with Crippen molar-refractivity contribution in [3.63, 3.8) is 0 Å². The summed E-state index contributed by atoms with van der Waals surface area (Å²) >= 11 is 1.54. The van der Waals surface area contributed by atoms with Crippen molar-refractivity contribution in [1.29, 1.82) is 5.26 Å². The van der Waals surface area contributed by atoms with Crippen LogP contribution in [0.5, 0.6) is 0 Å². The summed E-state index contributed by atoms with van der Waals surface area (Å²) in [6, 6.07) is 8.48. The van der Waals surface area contributed by atoms with Gasteiger partial charge in [-0.3, -0.25) is 0 Å². The van der Waals surface area contributed by atoms with Crippen molar-refractivity contribution in [2.24, 2.45) is 5.92 Å². The molecule has 0 bridgehead atoms. The minimum absolute atomic E-state index is 0.129. The molecule has 1 aromatic carbocycles. The zero-order chi connectivity index (χ0) is 16.4. The van der Waals surface area contributed by atoms with Gasteiger partial charge in [0, 0.05) is 11.1 Å². The highest BCUT2D eigenvalue weighted by Crippen LogP contribution is 2.42. The molecule has 1 N–H and O–H groups in total. The number of sulfonamides is 1. The molecule has 7 heteroatoms. The topological polar surface area (TPSA) is 82.8 Å². The first-order valence-electron chi connectivity index (χ1n) is 7.38. The Balaban J connectivity index is 1.77. The molecule has 1 aliphatic carbocycles. The number of thiazole rings is 1. The van der Waals surface area contributed by atoms with Crippen LogP contribution in [0.2, 0.25) is 0 Å². The number of aromatic nitrogens is 1. The molecule has 0 spiro atoms. The maximum Gasteiger partial charge on any atom is 0.216 e. The predicted octanol–water partition coefficient (Wildman–Crippen LogP) is 2.89. The third kappa shape index (κ3) is 4.16. The van der Waals surface area contributed by atoms with E-state index in [-0.39, 0.29) is 11.8 Å². The lowest BCUT2D eigenvalue weighted by atomic mass is 10.2. The number of benzene rings is 1. The average Bonchev–Trinajstić information content (AvgIpc) is 3.26. The van der Waals surface area contributed by atoms with E-state index >= 15 is 0 Å². The quantitative estimate of drug-likeness (QED) is 0.871. The number of rotatable bonds is 6. The van der Waals surface area contributed by atoms with E-state index in [1.54, 1.807) is 30.5 Å². The first-order valence-corrected chi connectivity index (χ1v) is 9.85. The van der Waals surface area contributed by atoms with Gasteiger partial charge >= 0.3 is 0 Å². The Kier molecular flexibility index (Phi) is 4.48. The Morgan fingerprint density at radius 2 is 2.26 bits per heavy atom. The molecular weight excluding hydrogens is 330 g/mol. The maximum absolute atomic E-state index is 12.5. The second-order valence-corrected chi connectivity index (χ2v) is 8.83. The molecule has 1 aliphatic rings. The Morgan fingerprint density at radius 1 is 1.48 bits per heavy atom. The van der Waals surface area contributed by atoms with Crippen LogP contribution < -0.4 is 4.72 Å². The third-order valence-corrected chi connectivity index (χ3v) is 6.04. The molecule has 2 aromatic rings. The molecule has 3 rings (SSSR count). The fraction of sp³-hybridized carbons (Fsp3) is 0.375. The minimum Gasteiger partial charge on any atom is -0.248 e. The molecule has 1 unspecified atom stereocenters. The van der Waals surface area contributed by atoms with Crippen LogP contribution in [0.1, 0.15) is 39.9 Å². The van der Waals surface area contributed by atoms with Crippen molar-refractivity contribution in [1.82, 2.24) is 9.71 Å². The van der Waals surface area contributed by atoms with Crippen molar-refractivity contribution >= 4 is 21.4 Å². The van der Waals surface area contributed by atoms with E-state index in [0.29, 0.717) is 17.0 Å². The second kappa shape index (κ2) is 6.40. The van der Waals surface area contributed by atoms with Crippen molar-refractivity contribution in [2.75, 3.05) is 0 Å². The van der Waals surface area contributed by atoms with Gasteiger partial charge in [0.2, 0.25) is 10.0 Å². The number of nitrogens with zero attached hydrogens (tertiary/aromatic N) is 2. The van der Waals surface area contributed by atoms with Crippen LogP contribution >= 0.6 is 11.3 Å². The maximum atomic E-state index is 12.5. The van der Waals surface area contributed by atoms with Gasteiger partial charge in [-0.15, -0.1) is 11.3 Å². The molecule has 0 saturated heterocycles. The molecule has 1 aromatic heterocycles. The van der Waals surface area contributed by atoms with E-state index in [1.807, 2.05) is 13.0 Å². The minimum atomic E-state index is -3.50. The van der Waals surface area contributed by atoms with Gasteiger partial charge in [-0.05, 0) is 43.4 Å². The Bertz CT molecular complexity index is 848. The normalized spacial score (nSPS) is 16.0. The molecule has 1 saturated carbocycles. The van der Waals surface area contributed by atoms with Crippen LogP contribution in [0.3, 0.4) is 0 Å². The second-order valence-electron chi connectivity index (χ2n) is 5.81. The lowest BCUT2D eigenvalue weighted by molar-refractivity contribution is 0.527. The smallest absolute Gasteiger partial charge is 0.216 e. The number of aryl methyl sites for hydroxylation is 1. The summed E-state index contributed by atoms with van der Waals surface area (Å²) in [5, 5.41) is 9.75. The van der Waals surface area contributed by atoms with Crippen molar-refractivity contribution < 1.29 is 8.42 Å². The molecule has 1 heterocycles. The average molecular weight is 347 g/mol. The van der Waals surface area contributed by atoms with Crippen LogP contribution in [0.15, 0.2) is 30.5 Å². The third-order valence-electron chi connectivity index (χ3n) is 3.72. The molecule has 0 radical (unpaired) electrons. The first kappa shape index (κ1) is 16.1. The molecule has 120 valence electrons. The van der Waals surface area contributed by atoms with Gasteiger partial charge in [0.25, 0.3) is 0 Å². The molecule has 0 aliphatic heterocycles. The van der Waals surface area contributed by atoms with Crippen LogP contribution in [0.4, 0.5) is 0 Å². The highest BCUT2D eigenvalue weighted by molar-refractivity contribution is 7.88. The molecule has 23 heavy (non-hydrogen) atoms. The lowest BCUT2D eigenvalue weighted by Crippen LogP contribution is -2.31. The number of nitriles is 1. The van der Waals surface area contributed by atoms with Gasteiger partial charge in [0.15, 0.2) is 0 Å². The Labute approximate surface area is 140 Å². The lowest BCUT2D eigenvalue weighted by Gasteiger charge is -2.16. The monoisotopic (exact) mass is 347 g/mol. The fourth-order valence-electron chi connectivity index (χ4n) is 2.48. The molecule has 5 nitrogen and oxygen atoms in total. The van der Waals surface area contributed by atoms with Crippen molar-refractivity contribution in [2.45, 2.75) is 31.6 Å². The Morgan fingerprint density at radius 3 is 2.87 bits per heavy atom. The summed E-state index contributed by atoms with van der Waals surface area (Å²) in [5.41, 5.74) is 1.08. The number of hydrogen-bond donors (Lipinski definition) is 1. The van der Waals surface area contributed by atoms with Crippen LogP contribution in [-0.2, 0) is 15.8 Å². The molecule has 1 atom stereocenters. The summed E-state index contributed by atoms with van der Waals surface area (Å²) in [5.74, 6) is 0.205. The molecular formula is C16H17N3O2S2. The zero-order valence-electron chi connectivity index (χ0n) is 12.7. The predicted molar refractivity (Wildman–Crippen MR) is 89.2 cm³/mol. The fourth-order valence-corrected chi connectivity index (χ4v) is 4.87. The van der Waals surface area contributed by atoms with Crippen LogP contribution in [-0.4, -0.2) is 13.4 Å². The van der Waals surface area contributed by atoms with Gasteiger partial charge in [-0.2, -0.15) is 5.26 Å². The van der Waals surface area contributed by atoms with E-state index in [2.05, 4.69) is 9.71 Å². The van der Waals surface area contributed by atoms with Crippen molar-refractivity contribution in [3.05, 3.63) is 51.5 Å². The van der Waals surface area contributed by atoms with Gasteiger partial charge in [0.1, 0.15) is 5.01 Å². The van der Waals surface area contributed by atoms with E-state index in [4.69, 9.17) is 5.26 Å². The highest BCUT2D eigenvalue weighted by Gasteiger charge is 2.36. The van der Waals surface area contributed by atoms with E-state index in [0.717, 1.165) is 22.7 Å². The summed E-state index contributed by atoms with van der Waals surface area (Å²) in [6.07, 6.45) is 3.82. The van der Waals surface area contributed by atoms with Gasteiger partial charge < -0.3 is 0 Å². The SMILES string of the molecule is Cc1cnc(C(NS(=O)(=O)Cc2cccc(C#N)c2)C2CC2)s1. The van der Waals surface area contributed by atoms with Gasteiger partial charge in [-0.25, -0.2) is 18.1 Å². The largest absolute Gasteiger partial charge is 0.248 e. The number of hydrogen-bond acceptors (Lipinski definition) is 5. The van der Waals surface area contributed by atoms with Gasteiger partial charge in [0.05, 0.1) is 23.4 Å². The number of nitrogens with one attached hydrogen (secondary N) is 1. The zero-order valence-corrected chi connectivity index (χ0v) is 14.3. The molecule has 1 fully saturated rings. The summed E-state index contributed by atoms with van der Waals surface area (Å²) in [4.78, 5) is 5.42. The van der Waals surface area contributed by atoms with Gasteiger partial charge in [-0.1, -0.05) is 12.1 Å². The summed E-state index contributed by atoms with van der Waals surface area (Å²) < 4.78 is 27.8. The van der Waals surface area contributed by atoms with E-state index in [1.165, 1.54) is 11.3 Å². The van der Waals surface area contributed by atoms with E-state index < -0.39 is 10.0 Å².